The number of anilines is 1. The predicted molar refractivity (Wildman–Crippen MR) is 133 cm³/mol. The van der Waals surface area contributed by atoms with E-state index >= 15 is 0 Å². The van der Waals surface area contributed by atoms with Crippen molar-refractivity contribution in [2.75, 3.05) is 12.1 Å². The molecule has 0 N–H and O–H groups in total. The fraction of sp³-hybridized carbons (Fsp3) is 0.160. The van der Waals surface area contributed by atoms with Crippen LogP contribution in [0.4, 0.5) is 5.69 Å². The summed E-state index contributed by atoms with van der Waals surface area (Å²) in [6.07, 6.45) is 0. The lowest BCUT2D eigenvalue weighted by Gasteiger charge is -2.23. The third-order valence-electron chi connectivity index (χ3n) is 5.87. The first-order chi connectivity index (χ1) is 16.0. The van der Waals surface area contributed by atoms with E-state index in [0.717, 1.165) is 25.8 Å². The van der Waals surface area contributed by atoms with Crippen molar-refractivity contribution in [1.29, 1.82) is 0 Å². The van der Waals surface area contributed by atoms with Crippen LogP contribution in [-0.2, 0) is 16.1 Å². The van der Waals surface area contributed by atoms with Crippen LogP contribution >= 0.6 is 31.9 Å². The normalized spacial score (nSPS) is 19.7. The molecule has 2 aliphatic rings. The smallest absolute Gasteiger partial charge is 0.255 e. The summed E-state index contributed by atoms with van der Waals surface area (Å²) in [6, 6.07) is 21.8. The molecule has 2 unspecified atom stereocenters. The number of benzene rings is 3. The SMILES string of the molecule is COc1ccc(C2=NN(c3ccc(Br)cc3Br)C3C(=O)N(Cc4ccccc4)C(=O)C23)cc1. The Morgan fingerprint density at radius 3 is 2.33 bits per heavy atom. The van der Waals surface area contributed by atoms with Crippen LogP contribution in [0.5, 0.6) is 5.75 Å². The van der Waals surface area contributed by atoms with E-state index in [9.17, 15) is 9.59 Å². The maximum atomic E-state index is 13.6. The second-order valence-corrected chi connectivity index (χ2v) is 9.59. The molecule has 5 rings (SSSR count). The third kappa shape index (κ3) is 3.87. The topological polar surface area (TPSA) is 62.2 Å². The molecule has 0 radical (unpaired) electrons. The summed E-state index contributed by atoms with van der Waals surface area (Å²) in [5.41, 5.74) is 2.98. The Kier molecular flexibility index (Phi) is 5.80. The molecule has 0 bridgehead atoms. The van der Waals surface area contributed by atoms with Crippen LogP contribution in [-0.4, -0.2) is 35.6 Å². The van der Waals surface area contributed by atoms with Gasteiger partial charge in [-0.3, -0.25) is 19.5 Å². The average Bonchev–Trinajstić information content (AvgIpc) is 3.32. The second kappa shape index (κ2) is 8.76. The van der Waals surface area contributed by atoms with Crippen molar-refractivity contribution < 1.29 is 14.3 Å². The zero-order valence-electron chi connectivity index (χ0n) is 17.6. The highest BCUT2D eigenvalue weighted by molar-refractivity contribution is 9.11. The molecule has 8 heteroatoms. The molecule has 0 aromatic heterocycles. The molecule has 2 aliphatic heterocycles. The number of methoxy groups -OCH3 is 1. The number of nitrogens with zero attached hydrogens (tertiary/aromatic N) is 3. The molecule has 2 heterocycles. The molecule has 3 aromatic rings. The Morgan fingerprint density at radius 1 is 0.939 bits per heavy atom. The number of hydrazone groups is 1. The standard InChI is InChI=1S/C25H19Br2N3O3/c1-33-18-10-7-16(8-11-18)22-21-23(30(28-22)20-12-9-17(26)13-19(20)27)25(32)29(24(21)31)14-15-5-3-2-4-6-15/h2-13,21,23H,14H2,1H3. The molecule has 0 saturated carbocycles. The molecular formula is C25H19Br2N3O3. The van der Waals surface area contributed by atoms with Crippen LogP contribution in [0, 0.1) is 5.92 Å². The number of amides is 2. The van der Waals surface area contributed by atoms with Gasteiger partial charge in [0.2, 0.25) is 5.91 Å². The number of halogens is 2. The van der Waals surface area contributed by atoms with Gasteiger partial charge >= 0.3 is 0 Å². The molecule has 166 valence electrons. The largest absolute Gasteiger partial charge is 0.497 e. The van der Waals surface area contributed by atoms with Gasteiger partial charge < -0.3 is 4.74 Å². The van der Waals surface area contributed by atoms with Crippen molar-refractivity contribution in [3.05, 3.63) is 92.9 Å². The van der Waals surface area contributed by atoms with E-state index in [1.807, 2.05) is 72.8 Å². The number of likely N-dealkylation sites (tertiary alicyclic amines) is 1. The first-order valence-electron chi connectivity index (χ1n) is 10.3. The number of carbonyl (C=O) groups excluding carboxylic acids is 2. The highest BCUT2D eigenvalue weighted by atomic mass is 79.9. The molecule has 6 nitrogen and oxygen atoms in total. The van der Waals surface area contributed by atoms with E-state index in [1.165, 1.54) is 4.90 Å². The van der Waals surface area contributed by atoms with Gasteiger partial charge in [0.25, 0.3) is 5.91 Å². The molecule has 2 atom stereocenters. The first-order valence-corrected chi connectivity index (χ1v) is 11.9. The Morgan fingerprint density at radius 2 is 1.67 bits per heavy atom. The summed E-state index contributed by atoms with van der Waals surface area (Å²) in [4.78, 5) is 28.5. The highest BCUT2D eigenvalue weighted by Crippen LogP contribution is 2.41. The first kappa shape index (κ1) is 21.9. The second-order valence-electron chi connectivity index (χ2n) is 7.82. The number of imide groups is 1. The van der Waals surface area contributed by atoms with Gasteiger partial charge in [-0.1, -0.05) is 46.3 Å². The fourth-order valence-electron chi connectivity index (χ4n) is 4.26. The van der Waals surface area contributed by atoms with Gasteiger partial charge in [-0.15, -0.1) is 0 Å². The van der Waals surface area contributed by atoms with E-state index in [4.69, 9.17) is 9.84 Å². The predicted octanol–water partition coefficient (Wildman–Crippen LogP) is 5.00. The van der Waals surface area contributed by atoms with E-state index < -0.39 is 12.0 Å². The van der Waals surface area contributed by atoms with Crippen molar-refractivity contribution in [1.82, 2.24) is 4.90 Å². The number of hydrogen-bond donors (Lipinski definition) is 0. The van der Waals surface area contributed by atoms with Crippen molar-refractivity contribution in [2.24, 2.45) is 11.0 Å². The number of fused-ring (bicyclic) bond motifs is 1. The van der Waals surface area contributed by atoms with Crippen LogP contribution in [0.2, 0.25) is 0 Å². The average molecular weight is 569 g/mol. The summed E-state index contributed by atoms with van der Waals surface area (Å²) in [7, 11) is 1.60. The van der Waals surface area contributed by atoms with Crippen molar-refractivity contribution in [3.8, 4) is 5.75 Å². The van der Waals surface area contributed by atoms with Crippen LogP contribution in [0.15, 0.2) is 86.8 Å². The molecule has 0 aliphatic carbocycles. The van der Waals surface area contributed by atoms with Gasteiger partial charge in [0.05, 0.1) is 25.1 Å². The van der Waals surface area contributed by atoms with Crippen LogP contribution < -0.4 is 9.75 Å². The molecule has 33 heavy (non-hydrogen) atoms. The van der Waals surface area contributed by atoms with Crippen molar-refractivity contribution >= 4 is 55.1 Å². The lowest BCUT2D eigenvalue weighted by atomic mass is 9.93. The lowest BCUT2D eigenvalue weighted by Crippen LogP contribution is -2.39. The number of ether oxygens (including phenoxy) is 1. The summed E-state index contributed by atoms with van der Waals surface area (Å²) in [5, 5.41) is 6.47. The summed E-state index contributed by atoms with van der Waals surface area (Å²) in [5.74, 6) is -0.471. The Balaban J connectivity index is 1.58. The minimum atomic E-state index is -0.740. The Labute approximate surface area is 208 Å². The van der Waals surface area contributed by atoms with Gasteiger partial charge in [-0.2, -0.15) is 5.10 Å². The maximum Gasteiger partial charge on any atom is 0.255 e. The quantitative estimate of drug-likeness (QED) is 0.406. The third-order valence-corrected chi connectivity index (χ3v) is 6.99. The van der Waals surface area contributed by atoms with Gasteiger partial charge in [0.15, 0.2) is 0 Å². The molecule has 0 spiro atoms. The minimum absolute atomic E-state index is 0.233. The summed E-state index contributed by atoms with van der Waals surface area (Å²) in [6.45, 7) is 0.233. The zero-order chi connectivity index (χ0) is 23.1. The molecule has 2 amide bonds. The number of hydrogen-bond acceptors (Lipinski definition) is 5. The van der Waals surface area contributed by atoms with Crippen LogP contribution in [0.3, 0.4) is 0 Å². The molecule has 1 fully saturated rings. The fourth-order valence-corrected chi connectivity index (χ4v) is 5.49. The van der Waals surface area contributed by atoms with E-state index in [2.05, 4.69) is 31.9 Å². The number of carbonyl (C=O) groups is 2. The lowest BCUT2D eigenvalue weighted by molar-refractivity contribution is -0.139. The van der Waals surface area contributed by atoms with E-state index in [1.54, 1.807) is 12.1 Å². The van der Waals surface area contributed by atoms with Crippen molar-refractivity contribution in [3.63, 3.8) is 0 Å². The van der Waals surface area contributed by atoms with E-state index in [0.29, 0.717) is 11.5 Å². The Bertz CT molecular complexity index is 1260. The van der Waals surface area contributed by atoms with E-state index in [-0.39, 0.29) is 18.4 Å². The molecular weight excluding hydrogens is 550 g/mol. The maximum absolute atomic E-state index is 13.6. The highest BCUT2D eigenvalue weighted by Gasteiger charge is 2.57. The van der Waals surface area contributed by atoms with Crippen LogP contribution in [0.25, 0.3) is 0 Å². The monoisotopic (exact) mass is 567 g/mol. The van der Waals surface area contributed by atoms with Crippen molar-refractivity contribution in [2.45, 2.75) is 12.6 Å². The van der Waals surface area contributed by atoms with Gasteiger partial charge in [-0.05, 0) is 69.5 Å². The molecule has 1 saturated heterocycles. The summed E-state index contributed by atoms with van der Waals surface area (Å²) >= 11 is 7.05. The van der Waals surface area contributed by atoms with Gasteiger partial charge in [-0.25, -0.2) is 0 Å². The Hall–Kier alpha value is -2.97. The summed E-state index contributed by atoms with van der Waals surface area (Å²) < 4.78 is 6.94. The minimum Gasteiger partial charge on any atom is -0.497 e. The zero-order valence-corrected chi connectivity index (χ0v) is 20.8. The molecule has 3 aromatic carbocycles. The van der Waals surface area contributed by atoms with Gasteiger partial charge in [0, 0.05) is 8.95 Å². The number of rotatable bonds is 5. The van der Waals surface area contributed by atoms with Gasteiger partial charge in [0.1, 0.15) is 17.7 Å². The van der Waals surface area contributed by atoms with Crippen LogP contribution in [0.1, 0.15) is 11.1 Å².